The summed E-state index contributed by atoms with van der Waals surface area (Å²) in [5.41, 5.74) is 4.59. The normalized spacial score (nSPS) is 25.9. The molecule has 1 spiro atoms. The number of carbonyl (C=O) groups excluding carboxylic acids is 1. The third-order valence-corrected chi connectivity index (χ3v) is 7.19. The number of aryl methyl sites for hydroxylation is 2. The van der Waals surface area contributed by atoms with E-state index in [1.807, 2.05) is 10.9 Å². The fourth-order valence-corrected chi connectivity index (χ4v) is 5.47. The molecule has 0 atom stereocenters. The fourth-order valence-electron chi connectivity index (χ4n) is 5.47. The van der Waals surface area contributed by atoms with Gasteiger partial charge in [-0.3, -0.25) is 4.79 Å². The fraction of sp³-hybridized carbons (Fsp3) is 0.652. The number of anilines is 1. The maximum absolute atomic E-state index is 11.9. The molecule has 2 aromatic heterocycles. The molecule has 31 heavy (non-hydrogen) atoms. The number of rotatable bonds is 5. The van der Waals surface area contributed by atoms with E-state index in [0.29, 0.717) is 25.3 Å². The first kappa shape index (κ1) is 20.3. The Balaban J connectivity index is 1.48. The number of nitrogens with zero attached hydrogens (tertiary/aromatic N) is 4. The highest BCUT2D eigenvalue weighted by atomic mass is 16.7. The number of carbonyl (C=O) groups is 1. The van der Waals surface area contributed by atoms with Crippen LogP contribution in [0.1, 0.15) is 69.5 Å². The van der Waals surface area contributed by atoms with Crippen molar-refractivity contribution in [3.05, 3.63) is 17.5 Å². The first-order valence-corrected chi connectivity index (χ1v) is 11.6. The second kappa shape index (κ2) is 7.80. The number of hydrogen-bond acceptors (Lipinski definition) is 6. The molecule has 166 valence electrons. The number of pyridine rings is 1. The Bertz CT molecular complexity index is 1030. The van der Waals surface area contributed by atoms with E-state index < -0.39 is 0 Å². The molecule has 2 N–H and O–H groups in total. The van der Waals surface area contributed by atoms with Gasteiger partial charge in [-0.25, -0.2) is 9.67 Å². The number of hydrogen-bond donors (Lipinski definition) is 2. The maximum atomic E-state index is 11.9. The molecule has 0 aromatic carbocycles. The van der Waals surface area contributed by atoms with E-state index in [1.165, 1.54) is 32.1 Å². The SMILES string of the molecule is CCn1nc(C)c2c(NC3CCCCC3)c(C3=NOC4(C3)CC(C(=O)NC)C4)cnc21. The van der Waals surface area contributed by atoms with Crippen LogP contribution in [0.15, 0.2) is 11.4 Å². The third kappa shape index (κ3) is 3.46. The molecule has 1 amide bonds. The Morgan fingerprint density at radius 3 is 2.77 bits per heavy atom. The molecule has 0 saturated heterocycles. The number of aromatic nitrogens is 3. The third-order valence-electron chi connectivity index (χ3n) is 7.19. The Kier molecular flexibility index (Phi) is 5.10. The molecule has 2 aliphatic carbocycles. The van der Waals surface area contributed by atoms with Crippen molar-refractivity contribution in [2.24, 2.45) is 11.1 Å². The van der Waals surface area contributed by atoms with Gasteiger partial charge in [0.25, 0.3) is 0 Å². The first-order chi connectivity index (χ1) is 15.0. The predicted molar refractivity (Wildman–Crippen MR) is 120 cm³/mol. The number of amides is 1. The molecule has 5 rings (SSSR count). The zero-order chi connectivity index (χ0) is 21.6. The smallest absolute Gasteiger partial charge is 0.223 e. The van der Waals surface area contributed by atoms with Gasteiger partial charge in [0, 0.05) is 56.6 Å². The molecule has 2 aromatic rings. The van der Waals surface area contributed by atoms with Crippen molar-refractivity contribution in [1.82, 2.24) is 20.1 Å². The van der Waals surface area contributed by atoms with Crippen molar-refractivity contribution in [1.29, 1.82) is 0 Å². The Hall–Kier alpha value is -2.64. The van der Waals surface area contributed by atoms with E-state index in [2.05, 4.69) is 29.6 Å². The van der Waals surface area contributed by atoms with Crippen molar-refractivity contribution in [3.63, 3.8) is 0 Å². The van der Waals surface area contributed by atoms with Crippen LogP contribution in [0.3, 0.4) is 0 Å². The molecule has 2 fully saturated rings. The van der Waals surface area contributed by atoms with Gasteiger partial charge in [-0.05, 0) is 26.7 Å². The number of nitrogens with one attached hydrogen (secondary N) is 2. The van der Waals surface area contributed by atoms with Gasteiger partial charge in [0.15, 0.2) is 5.65 Å². The first-order valence-electron chi connectivity index (χ1n) is 11.6. The minimum atomic E-state index is -0.341. The summed E-state index contributed by atoms with van der Waals surface area (Å²) in [4.78, 5) is 22.6. The zero-order valence-corrected chi connectivity index (χ0v) is 18.7. The van der Waals surface area contributed by atoms with Crippen LogP contribution in [0.5, 0.6) is 0 Å². The molecule has 8 nitrogen and oxygen atoms in total. The summed E-state index contributed by atoms with van der Waals surface area (Å²) in [6.07, 6.45) is 10.3. The average Bonchev–Trinajstić information content (AvgIpc) is 3.35. The summed E-state index contributed by atoms with van der Waals surface area (Å²) >= 11 is 0. The van der Waals surface area contributed by atoms with Crippen LogP contribution in [-0.4, -0.2) is 45.1 Å². The second-order valence-electron chi connectivity index (χ2n) is 9.33. The number of oxime groups is 1. The van der Waals surface area contributed by atoms with Gasteiger partial charge in [-0.1, -0.05) is 24.4 Å². The van der Waals surface area contributed by atoms with E-state index in [4.69, 9.17) is 14.9 Å². The molecule has 0 bridgehead atoms. The van der Waals surface area contributed by atoms with Crippen molar-refractivity contribution in [3.8, 4) is 0 Å². The molecule has 0 radical (unpaired) electrons. The maximum Gasteiger partial charge on any atom is 0.223 e. The van der Waals surface area contributed by atoms with E-state index in [0.717, 1.165) is 40.2 Å². The lowest BCUT2D eigenvalue weighted by Crippen LogP contribution is -2.49. The second-order valence-corrected chi connectivity index (χ2v) is 9.33. The summed E-state index contributed by atoms with van der Waals surface area (Å²) in [6, 6.07) is 0.459. The highest BCUT2D eigenvalue weighted by molar-refractivity contribution is 6.11. The van der Waals surface area contributed by atoms with Gasteiger partial charge >= 0.3 is 0 Å². The molecule has 0 unspecified atom stereocenters. The summed E-state index contributed by atoms with van der Waals surface area (Å²) in [7, 11) is 1.69. The van der Waals surface area contributed by atoms with Crippen molar-refractivity contribution in [2.75, 3.05) is 12.4 Å². The molecule has 2 saturated carbocycles. The quantitative estimate of drug-likeness (QED) is 0.766. The Morgan fingerprint density at radius 2 is 2.06 bits per heavy atom. The topological polar surface area (TPSA) is 93.4 Å². The van der Waals surface area contributed by atoms with Gasteiger partial charge in [-0.15, -0.1) is 0 Å². The molecule has 3 aliphatic rings. The average molecular weight is 425 g/mol. The van der Waals surface area contributed by atoms with Gasteiger partial charge in [0.1, 0.15) is 5.60 Å². The van der Waals surface area contributed by atoms with Crippen LogP contribution in [0.4, 0.5) is 5.69 Å². The van der Waals surface area contributed by atoms with Gasteiger partial charge < -0.3 is 15.5 Å². The number of fused-ring (bicyclic) bond motifs is 1. The van der Waals surface area contributed by atoms with Gasteiger partial charge in [0.05, 0.1) is 22.5 Å². The Labute approximate surface area is 182 Å². The minimum Gasteiger partial charge on any atom is -0.388 e. The lowest BCUT2D eigenvalue weighted by atomic mass is 9.68. The van der Waals surface area contributed by atoms with Crippen LogP contribution >= 0.6 is 0 Å². The highest BCUT2D eigenvalue weighted by Crippen LogP contribution is 2.48. The summed E-state index contributed by atoms with van der Waals surface area (Å²) in [5, 5.41) is 16.9. The van der Waals surface area contributed by atoms with Crippen LogP contribution < -0.4 is 10.6 Å². The zero-order valence-electron chi connectivity index (χ0n) is 18.7. The highest BCUT2D eigenvalue weighted by Gasteiger charge is 2.53. The minimum absolute atomic E-state index is 0.0185. The van der Waals surface area contributed by atoms with Crippen molar-refractivity contribution in [2.45, 2.75) is 83.4 Å². The lowest BCUT2D eigenvalue weighted by Gasteiger charge is -2.41. The molecular formula is C23H32N6O2. The summed E-state index contributed by atoms with van der Waals surface area (Å²) in [6.45, 7) is 4.93. The lowest BCUT2D eigenvalue weighted by molar-refractivity contribution is -0.146. The summed E-state index contributed by atoms with van der Waals surface area (Å²) in [5.74, 6) is 0.109. The molecule has 1 aliphatic heterocycles. The molecular weight excluding hydrogens is 392 g/mol. The van der Waals surface area contributed by atoms with Crippen LogP contribution in [0.25, 0.3) is 11.0 Å². The van der Waals surface area contributed by atoms with Crippen LogP contribution in [0.2, 0.25) is 0 Å². The van der Waals surface area contributed by atoms with E-state index in [1.54, 1.807) is 7.05 Å². The molecule has 3 heterocycles. The van der Waals surface area contributed by atoms with Crippen molar-refractivity contribution < 1.29 is 9.63 Å². The van der Waals surface area contributed by atoms with E-state index in [-0.39, 0.29) is 17.4 Å². The standard InChI is InChI=1S/C23H32N6O2/c1-4-29-21-19(14(2)27-29)20(26-16-8-6-5-7-9-16)17(13-25-21)18-12-23(31-28-18)10-15(11-23)22(30)24-3/h13,15-16H,4-12H2,1-3H3,(H,24,30)(H,25,26). The van der Waals surface area contributed by atoms with Gasteiger partial charge in [-0.2, -0.15) is 5.10 Å². The van der Waals surface area contributed by atoms with Crippen molar-refractivity contribution >= 4 is 28.3 Å². The monoisotopic (exact) mass is 424 g/mol. The molecule has 8 heteroatoms. The summed E-state index contributed by atoms with van der Waals surface area (Å²) < 4.78 is 1.97. The predicted octanol–water partition coefficient (Wildman–Crippen LogP) is 3.52. The van der Waals surface area contributed by atoms with E-state index >= 15 is 0 Å². The Morgan fingerprint density at radius 1 is 1.29 bits per heavy atom. The van der Waals surface area contributed by atoms with Crippen LogP contribution in [0, 0.1) is 12.8 Å². The van der Waals surface area contributed by atoms with Crippen LogP contribution in [-0.2, 0) is 16.2 Å². The van der Waals surface area contributed by atoms with E-state index in [9.17, 15) is 4.79 Å². The largest absolute Gasteiger partial charge is 0.388 e. The van der Waals surface area contributed by atoms with Gasteiger partial charge in [0.2, 0.25) is 5.91 Å².